The first-order chi connectivity index (χ1) is 62.8. The van der Waals surface area contributed by atoms with Crippen LogP contribution in [0.25, 0.3) is 186 Å². The minimum absolute atomic E-state index is 0.719. The lowest BCUT2D eigenvalue weighted by atomic mass is 9.90. The Balaban J connectivity index is 0.000000107. The Labute approximate surface area is 753 Å². The molecular formula is C121H76O2S4. The lowest BCUT2D eigenvalue weighted by Crippen LogP contribution is -2.00. The van der Waals surface area contributed by atoms with E-state index in [2.05, 4.69) is 413 Å². The van der Waals surface area contributed by atoms with Crippen LogP contribution < -0.4 is 9.47 Å². The summed E-state index contributed by atoms with van der Waals surface area (Å²) in [6.45, 7) is 2.20. The van der Waals surface area contributed by atoms with Gasteiger partial charge in [-0.3, -0.25) is 0 Å². The standard InChI is InChI=1S/C42H26O2.C42H26S2.C37H24S2/c1-2-11-27(12-3-1)29-23-30(25-31(24-29)32-17-10-20-41-42(32)44-40-19-9-8-18-39(40)43-41)28-21-22-37-35-15-5-4-13-33(35)34-14-6-7-16-36(34)38(37)26-28;1-2-10-27(11-3-1)30-22-31(24-32(23-30)29-19-21-41-42(26-29)44-40-17-9-8-16-39(40)43-41)28-18-20-37-35-14-5-4-12-33(35)34-13-6-7-15-36(34)38(37)25-28;1-23-18-26(20-27(19-23)25-15-17-36-37(22-25)39-35-13-7-6-12-34(35)38-36)24-14-16-32-30-10-3-2-8-28(30)29-9-4-5-11-31(29)33(32)21-24/h2*1-26H;2-22H,1H3. The molecule has 3 heterocycles. The molecule has 0 radical (unpaired) electrons. The van der Waals surface area contributed by atoms with Crippen molar-refractivity contribution < 1.29 is 9.47 Å². The molecule has 2 nitrogen and oxygen atoms in total. The van der Waals surface area contributed by atoms with Gasteiger partial charge in [-0.15, -0.1) is 0 Å². The molecule has 596 valence electrons. The Hall–Kier alpha value is -14.6. The van der Waals surface area contributed by atoms with E-state index in [-0.39, 0.29) is 0 Å². The van der Waals surface area contributed by atoms with Crippen LogP contribution in [0.1, 0.15) is 5.56 Å². The van der Waals surface area contributed by atoms with E-state index in [1.807, 2.05) is 83.4 Å². The molecule has 0 saturated carbocycles. The van der Waals surface area contributed by atoms with Crippen molar-refractivity contribution in [3.05, 3.63) is 448 Å². The minimum Gasteiger partial charge on any atom is -0.449 e. The summed E-state index contributed by atoms with van der Waals surface area (Å²) >= 11 is 7.49. The average Bonchev–Trinajstić information content (AvgIpc) is 0.746. The molecule has 26 rings (SSSR count). The first-order valence-electron chi connectivity index (χ1n) is 43.1. The maximum absolute atomic E-state index is 6.48. The van der Waals surface area contributed by atoms with E-state index in [1.54, 1.807) is 0 Å². The molecule has 0 saturated heterocycles. The largest absolute Gasteiger partial charge is 0.449 e. The fraction of sp³-hybridized carbons (Fsp3) is 0.00826. The molecule has 0 aromatic heterocycles. The monoisotopic (exact) mass is 1690 g/mol. The van der Waals surface area contributed by atoms with E-state index in [0.29, 0.717) is 0 Å². The Morgan fingerprint density at radius 3 is 0.740 bits per heavy atom. The van der Waals surface area contributed by atoms with Gasteiger partial charge in [-0.25, -0.2) is 0 Å². The van der Waals surface area contributed by atoms with E-state index < -0.39 is 0 Å². The first-order valence-corrected chi connectivity index (χ1v) is 46.4. The van der Waals surface area contributed by atoms with Gasteiger partial charge in [0.1, 0.15) is 0 Å². The fourth-order valence-corrected chi connectivity index (χ4v) is 23.6. The maximum atomic E-state index is 6.48. The van der Waals surface area contributed by atoms with E-state index in [1.165, 1.54) is 208 Å². The predicted octanol–water partition coefficient (Wildman–Crippen LogP) is 36.2. The van der Waals surface area contributed by atoms with Crippen LogP contribution in [-0.4, -0.2) is 0 Å². The predicted molar refractivity (Wildman–Crippen MR) is 541 cm³/mol. The van der Waals surface area contributed by atoms with Crippen molar-refractivity contribution in [2.45, 2.75) is 46.1 Å². The van der Waals surface area contributed by atoms with Crippen molar-refractivity contribution >= 4 is 144 Å². The molecule has 0 unspecified atom stereocenters. The number of ether oxygens (including phenoxy) is 2. The van der Waals surface area contributed by atoms with Gasteiger partial charge in [0.25, 0.3) is 0 Å². The zero-order valence-electron chi connectivity index (χ0n) is 69.1. The second-order valence-corrected chi connectivity index (χ2v) is 37.2. The number of benzene rings is 23. The summed E-state index contributed by atoms with van der Waals surface area (Å²) in [5.74, 6) is 2.91. The van der Waals surface area contributed by atoms with Crippen LogP contribution in [0.4, 0.5) is 0 Å². The van der Waals surface area contributed by atoms with Crippen LogP contribution in [0.15, 0.2) is 482 Å². The van der Waals surface area contributed by atoms with Crippen molar-refractivity contribution in [3.63, 3.8) is 0 Å². The number of hydrogen-bond acceptors (Lipinski definition) is 6. The molecule has 0 aliphatic carbocycles. The third kappa shape index (κ3) is 14.1. The topological polar surface area (TPSA) is 18.5 Å². The summed E-state index contributed by atoms with van der Waals surface area (Å²) in [5.41, 5.74) is 20.4. The van der Waals surface area contributed by atoms with Crippen molar-refractivity contribution in [1.82, 2.24) is 0 Å². The number of fused-ring (bicyclic) bond motifs is 24. The van der Waals surface area contributed by atoms with E-state index in [9.17, 15) is 0 Å². The van der Waals surface area contributed by atoms with Crippen LogP contribution >= 0.6 is 47.0 Å². The normalized spacial score (nSPS) is 12.3. The summed E-state index contributed by atoms with van der Waals surface area (Å²) in [7, 11) is 0. The molecule has 23 aromatic carbocycles. The van der Waals surface area contributed by atoms with Gasteiger partial charge in [-0.05, 0) is 320 Å². The van der Waals surface area contributed by atoms with Gasteiger partial charge in [0, 0.05) is 44.7 Å². The maximum Gasteiger partial charge on any atom is 0.177 e. The van der Waals surface area contributed by atoms with Crippen LogP contribution in [0.2, 0.25) is 0 Å². The first kappa shape index (κ1) is 76.1. The summed E-state index contributed by atoms with van der Waals surface area (Å²) in [4.78, 5) is 10.7. The van der Waals surface area contributed by atoms with E-state index in [4.69, 9.17) is 9.47 Å². The highest BCUT2D eigenvalue weighted by Gasteiger charge is 2.26. The molecule has 0 N–H and O–H groups in total. The molecule has 3 aliphatic heterocycles. The second-order valence-electron chi connectivity index (χ2n) is 32.9. The molecular weight excluding hydrogens is 1610 g/mol. The highest BCUT2D eigenvalue weighted by molar-refractivity contribution is 8.05. The minimum atomic E-state index is 0.719. The summed E-state index contributed by atoms with van der Waals surface area (Å²) in [6, 6.07) is 161. The van der Waals surface area contributed by atoms with Crippen molar-refractivity contribution in [2.24, 2.45) is 0 Å². The van der Waals surface area contributed by atoms with Crippen LogP contribution in [0.5, 0.6) is 23.0 Å². The SMILES string of the molecule is Cc1cc(-c2ccc3c(c2)Sc2ccccc2S3)cc(-c2ccc3c4ccccc4c4ccccc4c3c2)c1.c1ccc(-c2cc(-c3ccc4c(c3)Sc3ccccc3S4)cc(-c3ccc4c5ccccc5c5ccccc5c4c3)c2)cc1.c1ccc(-c2cc(-c3ccc4c5ccccc5c5ccccc5c4c3)cc(-c3cccc4c3Oc3ccccc3O4)c2)cc1. The Kier molecular flexibility index (Phi) is 19.3. The molecule has 0 spiro atoms. The zero-order valence-corrected chi connectivity index (χ0v) is 72.4. The Bertz CT molecular complexity index is 8310. The number of para-hydroxylation sites is 3. The van der Waals surface area contributed by atoms with Gasteiger partial charge < -0.3 is 9.47 Å². The second kappa shape index (κ2) is 32.2. The molecule has 0 fully saturated rings. The van der Waals surface area contributed by atoms with E-state index in [0.717, 1.165) is 45.3 Å². The van der Waals surface area contributed by atoms with Gasteiger partial charge in [0.15, 0.2) is 23.0 Å². The third-order valence-electron chi connectivity index (χ3n) is 25.1. The molecule has 0 atom stereocenters. The molecule has 23 aromatic rings. The average molecular weight is 1690 g/mol. The molecule has 0 amide bonds. The lowest BCUT2D eigenvalue weighted by molar-refractivity contribution is 0.361. The fourth-order valence-electron chi connectivity index (χ4n) is 19.1. The highest BCUT2D eigenvalue weighted by atomic mass is 32.2. The summed E-state index contributed by atoms with van der Waals surface area (Å²) in [6.07, 6.45) is 0. The van der Waals surface area contributed by atoms with Gasteiger partial charge >= 0.3 is 0 Å². The van der Waals surface area contributed by atoms with Crippen LogP contribution in [0.3, 0.4) is 0 Å². The van der Waals surface area contributed by atoms with E-state index >= 15 is 0 Å². The van der Waals surface area contributed by atoms with Crippen LogP contribution in [0, 0.1) is 6.92 Å². The molecule has 3 aliphatic rings. The van der Waals surface area contributed by atoms with Crippen molar-refractivity contribution in [3.8, 4) is 112 Å². The number of rotatable bonds is 8. The zero-order chi connectivity index (χ0) is 84.0. The van der Waals surface area contributed by atoms with Crippen LogP contribution in [-0.2, 0) is 0 Å². The van der Waals surface area contributed by atoms with Gasteiger partial charge in [0.05, 0.1) is 0 Å². The molecule has 0 bridgehead atoms. The Morgan fingerprint density at radius 1 is 0.142 bits per heavy atom. The molecule has 6 heteroatoms. The quantitative estimate of drug-likeness (QED) is 0.140. The number of hydrogen-bond donors (Lipinski definition) is 0. The number of aryl methyl sites for hydroxylation is 1. The third-order valence-corrected chi connectivity index (χ3v) is 30.2. The van der Waals surface area contributed by atoms with Crippen molar-refractivity contribution in [1.29, 1.82) is 0 Å². The Morgan fingerprint density at radius 2 is 0.386 bits per heavy atom. The van der Waals surface area contributed by atoms with Gasteiger partial charge in [-0.2, -0.15) is 0 Å². The lowest BCUT2D eigenvalue weighted by Gasteiger charge is -2.23. The highest BCUT2D eigenvalue weighted by Crippen LogP contribution is 2.55. The van der Waals surface area contributed by atoms with Gasteiger partial charge in [-0.1, -0.05) is 362 Å². The smallest absolute Gasteiger partial charge is 0.177 e. The molecule has 127 heavy (non-hydrogen) atoms. The summed E-state index contributed by atoms with van der Waals surface area (Å²) < 4.78 is 12.7. The van der Waals surface area contributed by atoms with Gasteiger partial charge in [0.2, 0.25) is 0 Å². The van der Waals surface area contributed by atoms with Crippen molar-refractivity contribution in [2.75, 3.05) is 0 Å². The summed E-state index contributed by atoms with van der Waals surface area (Å²) in [5, 5.41) is 23.3.